The van der Waals surface area contributed by atoms with Crippen molar-refractivity contribution >= 4 is 112 Å². The van der Waals surface area contributed by atoms with Crippen LogP contribution in [0.2, 0.25) is 0 Å². The zero-order chi connectivity index (χ0) is 74.2. The number of carbonyl (C=O) groups excluding carboxylic acids is 12. The van der Waals surface area contributed by atoms with Crippen molar-refractivity contribution in [1.29, 1.82) is 0 Å². The molecule has 0 saturated carbocycles. The number of hydrogen-bond donors (Lipinski definition) is 13. The topological polar surface area (TPSA) is 423 Å². The minimum Gasteiger partial charge on any atom is -0.478 e. The lowest BCUT2D eigenvalue weighted by molar-refractivity contribution is -0.119. The van der Waals surface area contributed by atoms with Crippen molar-refractivity contribution < 1.29 is 86.4 Å². The summed E-state index contributed by atoms with van der Waals surface area (Å²) in [6.45, 7) is 35.7. The number of rotatable bonds is 25. The lowest BCUT2D eigenvalue weighted by Gasteiger charge is -2.26. The van der Waals surface area contributed by atoms with Gasteiger partial charge in [0.1, 0.15) is 58.7 Å². The van der Waals surface area contributed by atoms with Crippen molar-refractivity contribution in [1.82, 2.24) is 31.9 Å². The van der Waals surface area contributed by atoms with Crippen molar-refractivity contribution in [3.05, 3.63) is 71.3 Å². The summed E-state index contributed by atoms with van der Waals surface area (Å²) in [6, 6.07) is 3.40. The highest BCUT2D eigenvalue weighted by Crippen LogP contribution is 2.26. The van der Waals surface area contributed by atoms with Gasteiger partial charge in [-0.2, -0.15) is 0 Å². The standard InChI is InChI=1S/C67H98N12O18/c1-32(2)47(76-60(90)94-64(11,12)13)55(84)72-41-23-38(24-42(29-41)73-56(85)48(33(3)4)77-61(91)95-65(14,15)16)53(82)68-36(9)51(80)70-45-27-40(59(88)89)28-46(31-45)71-52(81)37(10)69-54(83)39-25-43(74-57(86)49(34(5)6)78-62(92)96-66(17,18)19)30-44(26-39)75-58(87)50(35(7)8)79-63(93)97-67(20,21)22/h23-37,47-50H,1-22H3,(H,68,82)(H,69,83)(H,70,80)(H,71,81)(H,72,84)(H,73,85)(H,74,86)(H,75,87)(H,76,90)(H,77,91)(H,78,92)(H,79,93)(H,88,89)/t36-,37-,47-,48-,49-,50-/m0/s1. The number of anilines is 6. The molecule has 30 heteroatoms. The van der Waals surface area contributed by atoms with Gasteiger partial charge in [0, 0.05) is 45.3 Å². The minimum atomic E-state index is -1.49. The molecule has 3 aromatic rings. The maximum absolute atomic E-state index is 14.1. The van der Waals surface area contributed by atoms with Gasteiger partial charge in [-0.3, -0.25) is 38.4 Å². The molecule has 30 nitrogen and oxygen atoms in total. The maximum Gasteiger partial charge on any atom is 0.408 e. The molecule has 0 radical (unpaired) electrons. The first kappa shape index (κ1) is 81.2. The van der Waals surface area contributed by atoms with Crippen LogP contribution in [0.5, 0.6) is 0 Å². The monoisotopic (exact) mass is 1360 g/mol. The lowest BCUT2D eigenvalue weighted by Crippen LogP contribution is -2.49. The number of hydrogen-bond acceptors (Lipinski definition) is 17. The zero-order valence-electron chi connectivity index (χ0n) is 59.4. The molecule has 0 spiro atoms. The average Bonchev–Trinajstić information content (AvgIpc) is 0.839. The summed E-state index contributed by atoms with van der Waals surface area (Å²) in [5.74, 6) is -10.1. The molecular weight excluding hydrogens is 1260 g/mol. The van der Waals surface area contributed by atoms with Crippen LogP contribution in [-0.4, -0.2) is 141 Å². The van der Waals surface area contributed by atoms with E-state index in [9.17, 15) is 67.4 Å². The molecule has 97 heavy (non-hydrogen) atoms. The quantitative estimate of drug-likeness (QED) is 0.0352. The Hall–Kier alpha value is -10.0. The Morgan fingerprint density at radius 3 is 0.649 bits per heavy atom. The SMILES string of the molecule is CC(C)[C@H](NC(=O)OC(C)(C)C)C(=O)Nc1cc(NC(=O)[C@@H](NC(=O)OC(C)(C)C)C(C)C)cc(C(=O)N[C@@H](C)C(=O)Nc2cc(NC(=O)[C@H](C)NC(=O)c3cc(NC(=O)[C@@H](NC(=O)OC(C)(C)C)C(C)C)cc(NC(=O)[C@@H](NC(=O)OC(C)(C)C)C(C)C)c3)cc(C(=O)O)c2)c1. The number of carboxylic acid groups (broad SMARTS) is 1. The third kappa shape index (κ3) is 28.4. The average molecular weight is 1360 g/mol. The second-order valence-electron chi connectivity index (χ2n) is 28.5. The fourth-order valence-electron chi connectivity index (χ4n) is 8.65. The molecule has 0 unspecified atom stereocenters. The summed E-state index contributed by atoms with van der Waals surface area (Å²) in [6.07, 6.45) is -3.52. The van der Waals surface area contributed by atoms with Crippen molar-refractivity contribution in [3.63, 3.8) is 0 Å². The number of amides is 12. The predicted octanol–water partition coefficient (Wildman–Crippen LogP) is 8.85. The van der Waals surface area contributed by atoms with Gasteiger partial charge in [-0.15, -0.1) is 0 Å². The van der Waals surface area contributed by atoms with Crippen LogP contribution in [0.1, 0.15) is 183 Å². The van der Waals surface area contributed by atoms with E-state index in [4.69, 9.17) is 18.9 Å². The maximum atomic E-state index is 14.1. The summed E-state index contributed by atoms with van der Waals surface area (Å²) >= 11 is 0. The van der Waals surface area contributed by atoms with Gasteiger partial charge in [-0.25, -0.2) is 24.0 Å². The van der Waals surface area contributed by atoms with Crippen molar-refractivity contribution in [2.45, 2.75) is 211 Å². The highest BCUT2D eigenvalue weighted by atomic mass is 16.6. The minimum absolute atomic E-state index is 0.0545. The van der Waals surface area contributed by atoms with E-state index in [2.05, 4.69) is 63.8 Å². The fraction of sp³-hybridized carbons (Fsp3) is 0.537. The summed E-state index contributed by atoms with van der Waals surface area (Å²) in [7, 11) is 0. The van der Waals surface area contributed by atoms with Crippen LogP contribution in [0.3, 0.4) is 0 Å². The molecule has 0 aliphatic rings. The van der Waals surface area contributed by atoms with E-state index in [0.717, 1.165) is 12.1 Å². The van der Waals surface area contributed by atoms with Crippen LogP contribution >= 0.6 is 0 Å². The molecule has 0 fully saturated rings. The number of carboxylic acids is 1. The normalized spacial score (nSPS) is 13.5. The van der Waals surface area contributed by atoms with Gasteiger partial charge < -0.3 is 87.9 Å². The summed E-state index contributed by atoms with van der Waals surface area (Å²) < 4.78 is 21.5. The highest BCUT2D eigenvalue weighted by Gasteiger charge is 2.33. The number of ether oxygens (including phenoxy) is 4. The molecule has 6 atom stereocenters. The molecule has 0 aliphatic carbocycles. The number of carbonyl (C=O) groups is 13. The largest absolute Gasteiger partial charge is 0.478 e. The number of aromatic carboxylic acids is 1. The van der Waals surface area contributed by atoms with Gasteiger partial charge >= 0.3 is 30.3 Å². The van der Waals surface area contributed by atoms with Gasteiger partial charge in [0.15, 0.2) is 0 Å². The van der Waals surface area contributed by atoms with E-state index in [-0.39, 0.29) is 45.3 Å². The van der Waals surface area contributed by atoms with E-state index < -0.39 is 165 Å². The van der Waals surface area contributed by atoms with Crippen LogP contribution in [0, 0.1) is 23.7 Å². The first-order valence-electron chi connectivity index (χ1n) is 31.5. The van der Waals surface area contributed by atoms with Gasteiger partial charge in [0.25, 0.3) is 11.8 Å². The molecule has 13 N–H and O–H groups in total. The molecule has 0 aromatic heterocycles. The molecule has 0 aliphatic heterocycles. The number of benzene rings is 3. The molecule has 0 heterocycles. The molecule has 0 saturated heterocycles. The summed E-state index contributed by atoms with van der Waals surface area (Å²) in [4.78, 5) is 175. The van der Waals surface area contributed by atoms with E-state index in [0.29, 0.717) is 0 Å². The molecule has 3 aromatic carbocycles. The van der Waals surface area contributed by atoms with Crippen LogP contribution in [0.25, 0.3) is 0 Å². The summed E-state index contributed by atoms with van der Waals surface area (Å²) in [5, 5.41) is 41.0. The van der Waals surface area contributed by atoms with Gasteiger partial charge in [0.2, 0.25) is 35.4 Å². The molecular formula is C67H98N12O18. The lowest BCUT2D eigenvalue weighted by atomic mass is 10.0. The Bertz CT molecular complexity index is 3070. The molecule has 12 amide bonds. The molecule has 0 bridgehead atoms. The van der Waals surface area contributed by atoms with Crippen molar-refractivity contribution in [3.8, 4) is 0 Å². The third-order valence-corrected chi connectivity index (χ3v) is 13.1. The molecule has 3 rings (SSSR count). The number of nitrogens with one attached hydrogen (secondary N) is 12. The Morgan fingerprint density at radius 2 is 0.474 bits per heavy atom. The second kappa shape index (κ2) is 34.1. The van der Waals surface area contributed by atoms with Gasteiger partial charge in [-0.1, -0.05) is 55.4 Å². The smallest absolute Gasteiger partial charge is 0.408 e. The first-order valence-corrected chi connectivity index (χ1v) is 31.5. The van der Waals surface area contributed by atoms with E-state index in [1.54, 1.807) is 138 Å². The highest BCUT2D eigenvalue weighted by molar-refractivity contribution is 6.08. The number of alkyl carbamates (subject to hydrolysis) is 4. The second-order valence-corrected chi connectivity index (χ2v) is 28.5. The first-order chi connectivity index (χ1) is 44.4. The predicted molar refractivity (Wildman–Crippen MR) is 364 cm³/mol. The Kier molecular flexibility index (Phi) is 28.5. The molecule has 534 valence electrons. The fourth-order valence-corrected chi connectivity index (χ4v) is 8.65. The Balaban J connectivity index is 1.98. The Morgan fingerprint density at radius 1 is 0.289 bits per heavy atom. The van der Waals surface area contributed by atoms with Crippen molar-refractivity contribution in [2.75, 3.05) is 31.9 Å². The van der Waals surface area contributed by atoms with Gasteiger partial charge in [0.05, 0.1) is 5.56 Å². The van der Waals surface area contributed by atoms with Crippen LogP contribution in [-0.2, 0) is 47.7 Å². The van der Waals surface area contributed by atoms with Crippen LogP contribution in [0.15, 0.2) is 54.6 Å². The van der Waals surface area contributed by atoms with Crippen molar-refractivity contribution in [2.24, 2.45) is 23.7 Å². The van der Waals surface area contributed by atoms with E-state index >= 15 is 0 Å². The van der Waals surface area contributed by atoms with Gasteiger partial charge in [-0.05, 0) is 175 Å². The van der Waals surface area contributed by atoms with E-state index in [1.807, 2.05) is 0 Å². The summed E-state index contributed by atoms with van der Waals surface area (Å²) in [5.41, 5.74) is -5.03. The van der Waals surface area contributed by atoms with Crippen LogP contribution < -0.4 is 63.8 Å². The third-order valence-electron chi connectivity index (χ3n) is 13.1. The van der Waals surface area contributed by atoms with Crippen LogP contribution in [0.4, 0.5) is 53.3 Å². The Labute approximate surface area is 565 Å². The van der Waals surface area contributed by atoms with E-state index in [1.165, 1.54) is 56.3 Å². The zero-order valence-corrected chi connectivity index (χ0v) is 59.4.